The van der Waals surface area contributed by atoms with Crippen LogP contribution < -0.4 is 4.74 Å². The number of benzene rings is 1. The van der Waals surface area contributed by atoms with Gasteiger partial charge in [0, 0.05) is 11.9 Å². The number of nitrogens with zero attached hydrogens (tertiary/aromatic N) is 3. The fraction of sp³-hybridized carbons (Fsp3) is 0.250. The van der Waals surface area contributed by atoms with Gasteiger partial charge in [0.1, 0.15) is 12.4 Å². The van der Waals surface area contributed by atoms with Crippen LogP contribution in [-0.4, -0.2) is 14.8 Å². The molecule has 1 aromatic carbocycles. The van der Waals surface area contributed by atoms with E-state index in [1.807, 2.05) is 48.9 Å². The Morgan fingerprint density at radius 3 is 2.90 bits per heavy atom. The zero-order valence-electron chi connectivity index (χ0n) is 12.0. The lowest BCUT2D eigenvalue weighted by molar-refractivity contribution is 0.292. The van der Waals surface area contributed by atoms with Crippen LogP contribution in [0, 0.1) is 6.92 Å². The molecule has 0 spiro atoms. The zero-order chi connectivity index (χ0) is 14.8. The Hall–Kier alpha value is -2.07. The van der Waals surface area contributed by atoms with Crippen molar-refractivity contribution in [1.82, 2.24) is 14.8 Å². The maximum atomic E-state index is 6.28. The minimum atomic E-state index is 0.382. The number of halogens is 1. The van der Waals surface area contributed by atoms with E-state index in [1.165, 1.54) is 0 Å². The van der Waals surface area contributed by atoms with Crippen molar-refractivity contribution in [3.63, 3.8) is 0 Å². The largest absolute Gasteiger partial charge is 0.486 e. The Balaban J connectivity index is 1.83. The van der Waals surface area contributed by atoms with Crippen molar-refractivity contribution in [2.24, 2.45) is 0 Å². The molecule has 0 unspecified atom stereocenters. The molecule has 0 fully saturated rings. The summed E-state index contributed by atoms with van der Waals surface area (Å²) in [7, 11) is 0. The highest BCUT2D eigenvalue weighted by Gasteiger charge is 2.13. The smallest absolute Gasteiger partial charge is 0.138 e. The van der Waals surface area contributed by atoms with Crippen LogP contribution in [0.2, 0.25) is 5.02 Å². The number of ether oxygens (including phenoxy) is 1. The average Bonchev–Trinajstić information content (AvgIpc) is 2.79. The summed E-state index contributed by atoms with van der Waals surface area (Å²) in [5.41, 5.74) is 2.68. The van der Waals surface area contributed by atoms with Crippen LogP contribution in [-0.2, 0) is 13.2 Å². The molecule has 0 saturated carbocycles. The first-order valence-corrected chi connectivity index (χ1v) is 7.26. The molecule has 0 saturated heterocycles. The van der Waals surface area contributed by atoms with Crippen LogP contribution in [0.4, 0.5) is 0 Å². The van der Waals surface area contributed by atoms with Crippen molar-refractivity contribution in [3.05, 3.63) is 52.9 Å². The molecule has 21 heavy (non-hydrogen) atoms. The molecule has 2 heterocycles. The van der Waals surface area contributed by atoms with Gasteiger partial charge in [-0.05, 0) is 26.0 Å². The zero-order valence-corrected chi connectivity index (χ0v) is 12.8. The molecular weight excluding hydrogens is 286 g/mol. The van der Waals surface area contributed by atoms with Crippen molar-refractivity contribution in [2.75, 3.05) is 0 Å². The molecule has 0 radical (unpaired) electrons. The van der Waals surface area contributed by atoms with Gasteiger partial charge in [-0.15, -0.1) is 0 Å². The maximum Gasteiger partial charge on any atom is 0.138 e. The van der Waals surface area contributed by atoms with Gasteiger partial charge in [0.2, 0.25) is 0 Å². The molecule has 0 aliphatic rings. The Kier molecular flexibility index (Phi) is 3.80. The number of hydrogen-bond acceptors (Lipinski definition) is 3. The fourth-order valence-corrected chi connectivity index (χ4v) is 2.48. The van der Waals surface area contributed by atoms with Gasteiger partial charge in [0.25, 0.3) is 0 Å². The minimum Gasteiger partial charge on any atom is -0.486 e. The molecule has 108 valence electrons. The summed E-state index contributed by atoms with van der Waals surface area (Å²) in [5, 5.41) is 6.11. The summed E-state index contributed by atoms with van der Waals surface area (Å²) < 4.78 is 7.70. The van der Waals surface area contributed by atoms with E-state index in [0.717, 1.165) is 34.6 Å². The predicted molar refractivity (Wildman–Crippen MR) is 83.7 cm³/mol. The van der Waals surface area contributed by atoms with E-state index in [0.29, 0.717) is 11.6 Å². The van der Waals surface area contributed by atoms with Crippen molar-refractivity contribution in [1.29, 1.82) is 0 Å². The molecular formula is C16H16ClN3O. The third-order valence-electron chi connectivity index (χ3n) is 3.39. The first-order valence-electron chi connectivity index (χ1n) is 6.88. The quantitative estimate of drug-likeness (QED) is 0.731. The second-order valence-electron chi connectivity index (χ2n) is 4.81. The Labute approximate surface area is 128 Å². The average molecular weight is 302 g/mol. The monoisotopic (exact) mass is 301 g/mol. The molecule has 0 bridgehead atoms. The van der Waals surface area contributed by atoms with Gasteiger partial charge in [-0.2, -0.15) is 5.10 Å². The normalized spacial score (nSPS) is 11.0. The second-order valence-corrected chi connectivity index (χ2v) is 5.19. The van der Waals surface area contributed by atoms with Gasteiger partial charge in [-0.25, -0.2) is 0 Å². The van der Waals surface area contributed by atoms with Gasteiger partial charge in [-0.3, -0.25) is 9.67 Å². The minimum absolute atomic E-state index is 0.382. The van der Waals surface area contributed by atoms with E-state index >= 15 is 0 Å². The van der Waals surface area contributed by atoms with Gasteiger partial charge >= 0.3 is 0 Å². The molecule has 4 nitrogen and oxygen atoms in total. The number of rotatable bonds is 4. The van der Waals surface area contributed by atoms with Crippen LogP contribution in [0.3, 0.4) is 0 Å². The lowest BCUT2D eigenvalue weighted by Gasteiger charge is -2.08. The van der Waals surface area contributed by atoms with Gasteiger partial charge in [0.15, 0.2) is 0 Å². The Bertz CT molecular complexity index is 782. The maximum absolute atomic E-state index is 6.28. The number of aromatic nitrogens is 3. The second kappa shape index (κ2) is 5.74. The van der Waals surface area contributed by atoms with Crippen LogP contribution in [0.25, 0.3) is 10.9 Å². The molecule has 0 aliphatic heterocycles. The van der Waals surface area contributed by atoms with Crippen molar-refractivity contribution >= 4 is 22.5 Å². The SMILES string of the molecule is CCn1nc(C)c(Cl)c1COc1cnc2ccccc2c1. The number of aryl methyl sites for hydroxylation is 2. The van der Waals surface area contributed by atoms with Crippen molar-refractivity contribution in [3.8, 4) is 5.75 Å². The van der Waals surface area contributed by atoms with Gasteiger partial charge in [0.05, 0.1) is 28.1 Å². The summed E-state index contributed by atoms with van der Waals surface area (Å²) in [6, 6.07) is 9.93. The number of fused-ring (bicyclic) bond motifs is 1. The highest BCUT2D eigenvalue weighted by molar-refractivity contribution is 6.31. The number of para-hydroxylation sites is 1. The Morgan fingerprint density at radius 1 is 1.29 bits per heavy atom. The Morgan fingerprint density at radius 2 is 2.10 bits per heavy atom. The summed E-state index contributed by atoms with van der Waals surface area (Å²) in [5.74, 6) is 0.728. The van der Waals surface area contributed by atoms with E-state index in [-0.39, 0.29) is 0 Å². The third kappa shape index (κ3) is 2.72. The van der Waals surface area contributed by atoms with Gasteiger partial charge in [-0.1, -0.05) is 29.8 Å². The van der Waals surface area contributed by atoms with Gasteiger partial charge < -0.3 is 4.74 Å². The van der Waals surface area contributed by atoms with E-state index in [4.69, 9.17) is 16.3 Å². The summed E-state index contributed by atoms with van der Waals surface area (Å²) in [6.07, 6.45) is 1.73. The fourth-order valence-electron chi connectivity index (χ4n) is 2.29. The highest BCUT2D eigenvalue weighted by atomic mass is 35.5. The standard InChI is InChI=1S/C16H16ClN3O/c1-3-20-15(16(17)11(2)19-20)10-21-13-8-12-6-4-5-7-14(12)18-9-13/h4-9H,3,10H2,1-2H3. The van der Waals surface area contributed by atoms with Crippen LogP contribution in [0.1, 0.15) is 18.3 Å². The van der Waals surface area contributed by atoms with E-state index in [1.54, 1.807) is 6.20 Å². The first kappa shape index (κ1) is 13.9. The molecule has 3 rings (SSSR count). The summed E-state index contributed by atoms with van der Waals surface area (Å²) in [4.78, 5) is 4.38. The summed E-state index contributed by atoms with van der Waals surface area (Å²) >= 11 is 6.28. The van der Waals surface area contributed by atoms with Crippen LogP contribution >= 0.6 is 11.6 Å². The van der Waals surface area contributed by atoms with E-state index in [2.05, 4.69) is 10.1 Å². The highest BCUT2D eigenvalue weighted by Crippen LogP contribution is 2.23. The number of pyridine rings is 1. The topological polar surface area (TPSA) is 39.9 Å². The molecule has 2 aromatic heterocycles. The van der Waals surface area contributed by atoms with Crippen LogP contribution in [0.5, 0.6) is 5.75 Å². The first-order chi connectivity index (χ1) is 10.2. The van der Waals surface area contributed by atoms with E-state index < -0.39 is 0 Å². The van der Waals surface area contributed by atoms with Crippen molar-refractivity contribution in [2.45, 2.75) is 27.0 Å². The lowest BCUT2D eigenvalue weighted by Crippen LogP contribution is -2.06. The van der Waals surface area contributed by atoms with E-state index in [9.17, 15) is 0 Å². The van der Waals surface area contributed by atoms with Crippen molar-refractivity contribution < 1.29 is 4.74 Å². The molecule has 0 atom stereocenters. The molecule has 0 aliphatic carbocycles. The summed E-state index contributed by atoms with van der Waals surface area (Å²) in [6.45, 7) is 5.08. The lowest BCUT2D eigenvalue weighted by atomic mass is 10.2. The molecule has 0 amide bonds. The van der Waals surface area contributed by atoms with Crippen LogP contribution in [0.15, 0.2) is 36.5 Å². The molecule has 0 N–H and O–H groups in total. The predicted octanol–water partition coefficient (Wildman–Crippen LogP) is 3.99. The third-order valence-corrected chi connectivity index (χ3v) is 3.89. The number of hydrogen-bond donors (Lipinski definition) is 0. The molecule has 5 heteroatoms. The molecule has 3 aromatic rings.